The number of fused-ring (bicyclic) bond motifs is 1. The summed E-state index contributed by atoms with van der Waals surface area (Å²) in [6, 6.07) is 2.19. The Morgan fingerprint density at radius 3 is 2.34 bits per heavy atom. The molecule has 0 bridgehead atoms. The number of nitrogens with zero attached hydrogens (tertiary/aromatic N) is 3. The van der Waals surface area contributed by atoms with E-state index in [4.69, 9.17) is 4.42 Å². The van der Waals surface area contributed by atoms with Crippen LogP contribution in [0, 0.1) is 57.2 Å². The highest BCUT2D eigenvalue weighted by Crippen LogP contribution is 2.67. The van der Waals surface area contributed by atoms with Gasteiger partial charge in [-0.1, -0.05) is 74.0 Å². The molecule has 0 radical (unpaired) electrons. The third-order valence-electron chi connectivity index (χ3n) is 12.1. The molecule has 0 spiro atoms. The lowest BCUT2D eigenvalue weighted by Gasteiger charge is -2.61. The van der Waals surface area contributed by atoms with Gasteiger partial charge >= 0.3 is 0 Å². The lowest BCUT2D eigenvalue weighted by Crippen LogP contribution is -2.56. The molecule has 1 aromatic heterocycles. The van der Waals surface area contributed by atoms with E-state index in [1.807, 2.05) is 32.9 Å². The fourth-order valence-corrected chi connectivity index (χ4v) is 9.15. The van der Waals surface area contributed by atoms with Crippen LogP contribution in [-0.4, -0.2) is 21.8 Å². The molecule has 6 nitrogen and oxygen atoms in total. The van der Waals surface area contributed by atoms with Crippen molar-refractivity contribution < 1.29 is 14.0 Å². The van der Waals surface area contributed by atoms with Crippen molar-refractivity contribution in [3.8, 4) is 6.07 Å². The highest BCUT2D eigenvalue weighted by atomic mass is 16.4. The Morgan fingerprint density at radius 2 is 1.80 bits per heavy atom. The number of rotatable bonds is 6. The molecule has 5 atom stereocenters. The molecule has 4 rings (SSSR count). The van der Waals surface area contributed by atoms with E-state index in [1.165, 1.54) is 0 Å². The van der Waals surface area contributed by atoms with Crippen molar-refractivity contribution in [2.45, 2.75) is 127 Å². The van der Waals surface area contributed by atoms with E-state index in [0.29, 0.717) is 11.8 Å². The molecule has 0 aromatic carbocycles. The van der Waals surface area contributed by atoms with Crippen molar-refractivity contribution >= 4 is 11.6 Å². The van der Waals surface area contributed by atoms with Gasteiger partial charge in [-0.2, -0.15) is 5.26 Å². The number of carbonyl (C=O) groups is 2. The Bertz CT molecular complexity index is 1340. The van der Waals surface area contributed by atoms with Crippen LogP contribution in [0.15, 0.2) is 27.7 Å². The minimum atomic E-state index is -0.680. The van der Waals surface area contributed by atoms with E-state index < -0.39 is 10.8 Å². The van der Waals surface area contributed by atoms with Gasteiger partial charge in [0.05, 0.1) is 11.0 Å². The van der Waals surface area contributed by atoms with Gasteiger partial charge in [-0.3, -0.25) is 9.59 Å². The Balaban J connectivity index is 1.78. The maximum absolute atomic E-state index is 13.3. The Morgan fingerprint density at radius 1 is 1.15 bits per heavy atom. The van der Waals surface area contributed by atoms with Crippen LogP contribution in [0.4, 0.5) is 0 Å². The lowest BCUT2D eigenvalue weighted by atomic mass is 9.42. The zero-order chi connectivity index (χ0) is 30.8. The van der Waals surface area contributed by atoms with Gasteiger partial charge in [-0.05, 0) is 86.0 Å². The van der Waals surface area contributed by atoms with Crippen LogP contribution in [0.5, 0.6) is 0 Å². The average Bonchev–Trinajstić information content (AvgIpc) is 3.29. The number of Topliss-reactive ketones (excluding diaryl/α,β-unsaturated/α-hetero) is 1. The molecule has 6 heteroatoms. The monoisotopic (exact) mass is 561 g/mol. The first kappa shape index (κ1) is 31.4. The maximum Gasteiger partial charge on any atom is 0.222 e. The van der Waals surface area contributed by atoms with E-state index in [2.05, 4.69) is 64.7 Å². The van der Waals surface area contributed by atoms with Crippen LogP contribution in [0.25, 0.3) is 0 Å². The van der Waals surface area contributed by atoms with E-state index in [-0.39, 0.29) is 44.7 Å². The molecule has 0 saturated heterocycles. The number of hydrogen-bond acceptors (Lipinski definition) is 6. The van der Waals surface area contributed by atoms with Crippen LogP contribution in [0.2, 0.25) is 0 Å². The molecule has 224 valence electrons. The number of aryl methyl sites for hydroxylation is 1. The van der Waals surface area contributed by atoms with E-state index in [0.717, 1.165) is 56.4 Å². The minimum Gasteiger partial charge on any atom is -0.425 e. The highest BCUT2D eigenvalue weighted by Gasteiger charge is 2.61. The van der Waals surface area contributed by atoms with Crippen molar-refractivity contribution in [1.29, 1.82) is 5.26 Å². The van der Waals surface area contributed by atoms with Gasteiger partial charge in [0, 0.05) is 17.8 Å². The fraction of sp³-hybridized carbons (Fsp3) is 0.743. The summed E-state index contributed by atoms with van der Waals surface area (Å²) < 4.78 is 6.17. The molecule has 0 N–H and O–H groups in total. The molecular weight excluding hydrogens is 510 g/mol. The number of carbonyl (C=O) groups excluding carboxylic acids is 2. The number of ketones is 2. The van der Waals surface area contributed by atoms with Crippen LogP contribution >= 0.6 is 0 Å². The third-order valence-corrected chi connectivity index (χ3v) is 12.1. The zero-order valence-corrected chi connectivity index (χ0v) is 27.3. The smallest absolute Gasteiger partial charge is 0.222 e. The van der Waals surface area contributed by atoms with Gasteiger partial charge in [-0.15, -0.1) is 10.2 Å². The lowest BCUT2D eigenvalue weighted by molar-refractivity contribution is -0.131. The van der Waals surface area contributed by atoms with Gasteiger partial charge in [-0.25, -0.2) is 0 Å². The summed E-state index contributed by atoms with van der Waals surface area (Å²) in [4.78, 5) is 26.1. The summed E-state index contributed by atoms with van der Waals surface area (Å²) in [5, 5.41) is 18.8. The molecule has 1 heterocycles. The summed E-state index contributed by atoms with van der Waals surface area (Å²) in [5.41, 5.74) is -0.392. The largest absolute Gasteiger partial charge is 0.425 e. The number of aromatic nitrogens is 2. The standard InChI is InChI=1S/C35H51N3O3/c1-22-19-30(4,5)14-16-35(22,29-38-37-24(3)41-29)17-15-31(6,7)34(11)13-12-26-32(8,9)28(40)25(21-36)20-33(26,10)27(34)18-23(2)39/h18,20,22,26H,12-17,19H2,1-11H3/b27-18-/t22?,26-,33-,34+,35-/m0/s1. The van der Waals surface area contributed by atoms with Crippen molar-refractivity contribution in [1.82, 2.24) is 10.2 Å². The Hall–Kier alpha value is -2.55. The average molecular weight is 562 g/mol. The predicted molar refractivity (Wildman–Crippen MR) is 161 cm³/mol. The maximum atomic E-state index is 13.3. The SMILES string of the molecule is CC(=O)/C=C1/[C@@]2(C)C=C(C#N)C(=O)C(C)(C)[C@@H]2CC[C@@]1(C)C(C)(C)CC[C@@]1(c2nnc(C)o2)CCC(C)(C)CC1C. The highest BCUT2D eigenvalue weighted by molar-refractivity contribution is 6.04. The summed E-state index contributed by atoms with van der Waals surface area (Å²) >= 11 is 0. The van der Waals surface area contributed by atoms with Crippen molar-refractivity contribution in [3.05, 3.63) is 35.1 Å². The first-order valence-electron chi connectivity index (χ1n) is 15.5. The second-order valence-electron chi connectivity index (χ2n) is 16.0. The normalized spacial score (nSPS) is 35.9. The summed E-state index contributed by atoms with van der Waals surface area (Å²) in [6.07, 6.45) is 10.5. The van der Waals surface area contributed by atoms with Gasteiger partial charge in [0.15, 0.2) is 11.6 Å². The molecule has 2 saturated carbocycles. The molecule has 3 aliphatic carbocycles. The van der Waals surface area contributed by atoms with Crippen LogP contribution < -0.4 is 0 Å². The summed E-state index contributed by atoms with van der Waals surface area (Å²) in [7, 11) is 0. The first-order chi connectivity index (χ1) is 18.8. The Labute approximate surface area is 247 Å². The first-order valence-corrected chi connectivity index (χ1v) is 15.5. The second kappa shape index (κ2) is 10.0. The van der Waals surface area contributed by atoms with Gasteiger partial charge < -0.3 is 4.42 Å². The van der Waals surface area contributed by atoms with Crippen molar-refractivity contribution in [3.63, 3.8) is 0 Å². The topological polar surface area (TPSA) is 96.8 Å². The van der Waals surface area contributed by atoms with Crippen molar-refractivity contribution in [2.24, 2.45) is 38.9 Å². The van der Waals surface area contributed by atoms with Crippen LogP contribution in [0.3, 0.4) is 0 Å². The quantitative estimate of drug-likeness (QED) is 0.324. The molecule has 2 fully saturated rings. The van der Waals surface area contributed by atoms with Crippen LogP contribution in [-0.2, 0) is 15.0 Å². The van der Waals surface area contributed by atoms with Gasteiger partial charge in [0.1, 0.15) is 6.07 Å². The molecule has 41 heavy (non-hydrogen) atoms. The molecular formula is C35H51N3O3. The van der Waals surface area contributed by atoms with Gasteiger partial charge in [0.25, 0.3) is 0 Å². The van der Waals surface area contributed by atoms with E-state index in [9.17, 15) is 14.9 Å². The van der Waals surface area contributed by atoms with Crippen molar-refractivity contribution in [2.75, 3.05) is 0 Å². The molecule has 3 aliphatic rings. The van der Waals surface area contributed by atoms with E-state index >= 15 is 0 Å². The zero-order valence-electron chi connectivity index (χ0n) is 27.3. The molecule has 1 unspecified atom stereocenters. The summed E-state index contributed by atoms with van der Waals surface area (Å²) in [6.45, 7) is 23.6. The number of nitriles is 1. The number of allylic oxidation sites excluding steroid dienone is 4. The number of hydrogen-bond donors (Lipinski definition) is 0. The van der Waals surface area contributed by atoms with Gasteiger partial charge in [0.2, 0.25) is 11.8 Å². The Kier molecular flexibility index (Phi) is 7.67. The summed E-state index contributed by atoms with van der Waals surface area (Å²) in [5.74, 6) is 1.70. The molecule has 0 amide bonds. The molecule has 1 aromatic rings. The predicted octanol–water partition coefficient (Wildman–Crippen LogP) is 8.27. The molecule has 0 aliphatic heterocycles. The minimum absolute atomic E-state index is 0.00598. The third kappa shape index (κ3) is 4.96. The van der Waals surface area contributed by atoms with Crippen LogP contribution in [0.1, 0.15) is 126 Å². The second-order valence-corrected chi connectivity index (χ2v) is 16.0. The fourth-order valence-electron chi connectivity index (χ4n) is 9.15. The van der Waals surface area contributed by atoms with E-state index in [1.54, 1.807) is 6.92 Å².